The average Bonchev–Trinajstić information content (AvgIpc) is 2.54. The molecule has 2 rings (SSSR count). The Kier molecular flexibility index (Phi) is 4.59. The maximum atomic E-state index is 12.1. The first-order chi connectivity index (χ1) is 10.1. The highest BCUT2D eigenvalue weighted by Gasteiger charge is 2.36. The van der Waals surface area contributed by atoms with Gasteiger partial charge < -0.3 is 4.74 Å². The number of carbonyl (C=O) groups is 1. The van der Waals surface area contributed by atoms with Gasteiger partial charge in [-0.25, -0.2) is 4.79 Å². The van der Waals surface area contributed by atoms with Gasteiger partial charge in [0.1, 0.15) is 0 Å². The van der Waals surface area contributed by atoms with Crippen LogP contribution in [0.5, 0.6) is 0 Å². The van der Waals surface area contributed by atoms with Gasteiger partial charge in [0.05, 0.1) is 0 Å². The molecule has 0 heterocycles. The smallest absolute Gasteiger partial charge is 0.334 e. The van der Waals surface area contributed by atoms with Crippen molar-refractivity contribution in [3.8, 4) is 0 Å². The molecule has 1 radical (unpaired) electrons. The number of rotatable bonds is 5. The predicted octanol–water partition coefficient (Wildman–Crippen LogP) is 4.27. The molecule has 0 aliphatic heterocycles. The highest BCUT2D eigenvalue weighted by atomic mass is 16.6. The van der Waals surface area contributed by atoms with Crippen LogP contribution in [0.1, 0.15) is 24.5 Å². The third-order valence-corrected chi connectivity index (χ3v) is 3.45. The molecule has 0 N–H and O–H groups in total. The molecule has 0 aromatic heterocycles. The Morgan fingerprint density at radius 3 is 1.76 bits per heavy atom. The van der Waals surface area contributed by atoms with Crippen molar-refractivity contribution < 1.29 is 9.53 Å². The molecule has 2 aromatic carbocycles. The Balaban J connectivity index is 2.57. The molecule has 0 atom stereocenters. The number of hydrogen-bond donors (Lipinski definition) is 0. The van der Waals surface area contributed by atoms with Crippen molar-refractivity contribution in [1.82, 2.24) is 0 Å². The van der Waals surface area contributed by atoms with Crippen LogP contribution in [0.25, 0.3) is 0 Å². The van der Waals surface area contributed by atoms with E-state index in [4.69, 9.17) is 4.74 Å². The van der Waals surface area contributed by atoms with E-state index in [1.807, 2.05) is 60.7 Å². The molecule has 2 aromatic rings. The summed E-state index contributed by atoms with van der Waals surface area (Å²) >= 11 is 0. The second-order valence-corrected chi connectivity index (χ2v) is 4.98. The lowest BCUT2D eigenvalue weighted by Crippen LogP contribution is -2.33. The van der Waals surface area contributed by atoms with E-state index in [1.54, 1.807) is 6.92 Å². The predicted molar refractivity (Wildman–Crippen MR) is 84.5 cm³/mol. The van der Waals surface area contributed by atoms with Gasteiger partial charge in [0.25, 0.3) is 0 Å². The van der Waals surface area contributed by atoms with Crippen LogP contribution in [-0.4, -0.2) is 5.97 Å². The van der Waals surface area contributed by atoms with E-state index < -0.39 is 11.6 Å². The lowest BCUT2D eigenvalue weighted by atomic mass is 9.83. The van der Waals surface area contributed by atoms with Gasteiger partial charge in [0, 0.05) is 16.7 Å². The summed E-state index contributed by atoms with van der Waals surface area (Å²) in [6.07, 6.45) is 0.403. The van der Waals surface area contributed by atoms with Crippen molar-refractivity contribution in [3.63, 3.8) is 0 Å². The number of carbonyl (C=O) groups excluding carboxylic acids is 1. The Labute approximate surface area is 126 Å². The lowest BCUT2D eigenvalue weighted by molar-refractivity contribution is -0.151. The lowest BCUT2D eigenvalue weighted by Gasteiger charge is -2.33. The number of hydrogen-bond acceptors (Lipinski definition) is 2. The van der Waals surface area contributed by atoms with Crippen molar-refractivity contribution in [2.45, 2.75) is 18.9 Å². The van der Waals surface area contributed by atoms with Gasteiger partial charge in [0.15, 0.2) is 5.60 Å². The Morgan fingerprint density at radius 2 is 1.43 bits per heavy atom. The standard InChI is InChI=1S/C19H19O2/c1-4-19(21-18(20)15(2)3,16-11-7-5-8-12-16)17-13-9-6-10-14-17/h5-14H,1-2,4H2,3H3. The fourth-order valence-electron chi connectivity index (χ4n) is 2.28. The average molecular weight is 279 g/mol. The van der Waals surface area contributed by atoms with Gasteiger partial charge in [-0.3, -0.25) is 0 Å². The molecule has 0 saturated carbocycles. The van der Waals surface area contributed by atoms with Crippen LogP contribution in [0.3, 0.4) is 0 Å². The van der Waals surface area contributed by atoms with E-state index in [2.05, 4.69) is 13.5 Å². The molecule has 0 bridgehead atoms. The van der Waals surface area contributed by atoms with Crippen molar-refractivity contribution >= 4 is 5.97 Å². The van der Waals surface area contributed by atoms with Crippen molar-refractivity contribution in [2.75, 3.05) is 0 Å². The topological polar surface area (TPSA) is 26.3 Å². The van der Waals surface area contributed by atoms with Gasteiger partial charge in [-0.2, -0.15) is 0 Å². The maximum Gasteiger partial charge on any atom is 0.334 e. The second-order valence-electron chi connectivity index (χ2n) is 4.98. The zero-order valence-corrected chi connectivity index (χ0v) is 12.2. The molecule has 0 aliphatic rings. The van der Waals surface area contributed by atoms with Gasteiger partial charge >= 0.3 is 5.97 Å². The van der Waals surface area contributed by atoms with Gasteiger partial charge in [-0.1, -0.05) is 67.2 Å². The zero-order chi connectivity index (χ0) is 15.3. The minimum Gasteiger partial charge on any atom is -0.446 e. The summed E-state index contributed by atoms with van der Waals surface area (Å²) in [4.78, 5) is 12.1. The number of ether oxygens (including phenoxy) is 1. The van der Waals surface area contributed by atoms with E-state index in [0.29, 0.717) is 12.0 Å². The molecule has 2 nitrogen and oxygen atoms in total. The van der Waals surface area contributed by atoms with Gasteiger partial charge in [0.2, 0.25) is 0 Å². The van der Waals surface area contributed by atoms with E-state index >= 15 is 0 Å². The molecule has 0 spiro atoms. The number of benzene rings is 2. The quantitative estimate of drug-likeness (QED) is 0.603. The fourth-order valence-corrected chi connectivity index (χ4v) is 2.28. The molecule has 107 valence electrons. The summed E-state index contributed by atoms with van der Waals surface area (Å²) in [6.45, 7) is 9.33. The van der Waals surface area contributed by atoms with Gasteiger partial charge in [-0.05, 0) is 20.3 Å². The second kappa shape index (κ2) is 6.40. The third kappa shape index (κ3) is 3.05. The Morgan fingerprint density at radius 1 is 1.00 bits per heavy atom. The highest BCUT2D eigenvalue weighted by molar-refractivity contribution is 5.87. The monoisotopic (exact) mass is 279 g/mol. The molecule has 2 heteroatoms. The first-order valence-electron chi connectivity index (χ1n) is 6.89. The third-order valence-electron chi connectivity index (χ3n) is 3.45. The van der Waals surface area contributed by atoms with Crippen LogP contribution in [0.2, 0.25) is 0 Å². The van der Waals surface area contributed by atoms with Crippen LogP contribution < -0.4 is 0 Å². The van der Waals surface area contributed by atoms with E-state index in [1.165, 1.54) is 0 Å². The Bertz CT molecular complexity index is 575. The summed E-state index contributed by atoms with van der Waals surface area (Å²) < 4.78 is 5.82. The minimum atomic E-state index is -0.890. The molecule has 0 unspecified atom stereocenters. The normalized spacial score (nSPS) is 11.0. The van der Waals surface area contributed by atoms with E-state index in [-0.39, 0.29) is 0 Å². The van der Waals surface area contributed by atoms with Crippen LogP contribution in [0.4, 0.5) is 0 Å². The highest BCUT2D eigenvalue weighted by Crippen LogP contribution is 2.37. The van der Waals surface area contributed by atoms with Crippen LogP contribution >= 0.6 is 0 Å². The summed E-state index contributed by atoms with van der Waals surface area (Å²) in [6, 6.07) is 19.4. The molecular weight excluding hydrogens is 260 g/mol. The summed E-state index contributed by atoms with van der Waals surface area (Å²) in [5.74, 6) is -0.411. The summed E-state index contributed by atoms with van der Waals surface area (Å²) in [5.41, 5.74) is 1.29. The maximum absolute atomic E-state index is 12.1. The largest absolute Gasteiger partial charge is 0.446 e. The molecule has 0 amide bonds. The van der Waals surface area contributed by atoms with Crippen molar-refractivity contribution in [3.05, 3.63) is 90.9 Å². The molecule has 0 fully saturated rings. The molecule has 0 aliphatic carbocycles. The first-order valence-corrected chi connectivity index (χ1v) is 6.89. The van der Waals surface area contributed by atoms with Crippen LogP contribution in [0, 0.1) is 6.92 Å². The van der Waals surface area contributed by atoms with Crippen molar-refractivity contribution in [1.29, 1.82) is 0 Å². The van der Waals surface area contributed by atoms with E-state index in [9.17, 15) is 4.79 Å². The summed E-state index contributed by atoms with van der Waals surface area (Å²) in [7, 11) is 0. The Hall–Kier alpha value is -2.35. The summed E-state index contributed by atoms with van der Waals surface area (Å²) in [5, 5.41) is 0. The zero-order valence-electron chi connectivity index (χ0n) is 12.2. The fraction of sp³-hybridized carbons (Fsp3) is 0.158. The minimum absolute atomic E-state index is 0.375. The molecular formula is C19H19O2. The van der Waals surface area contributed by atoms with Crippen LogP contribution in [0.15, 0.2) is 72.8 Å². The SMILES string of the molecule is [CH2]CC(OC(=O)C(=C)C)(c1ccccc1)c1ccccc1. The first kappa shape index (κ1) is 15.0. The molecule has 21 heavy (non-hydrogen) atoms. The van der Waals surface area contributed by atoms with Crippen molar-refractivity contribution in [2.24, 2.45) is 0 Å². The molecule has 0 saturated heterocycles. The van der Waals surface area contributed by atoms with Gasteiger partial charge in [-0.15, -0.1) is 0 Å². The number of esters is 1. The van der Waals surface area contributed by atoms with E-state index in [0.717, 1.165) is 11.1 Å². The van der Waals surface area contributed by atoms with Crippen LogP contribution in [-0.2, 0) is 15.1 Å².